The molecule has 0 amide bonds. The maximum Gasteiger partial charge on any atom is 0.342 e. The van der Waals surface area contributed by atoms with Gasteiger partial charge in [0.2, 0.25) is 0 Å². The van der Waals surface area contributed by atoms with Crippen molar-refractivity contribution in [3.8, 4) is 0 Å². The highest BCUT2D eigenvalue weighted by molar-refractivity contribution is 5.86. The van der Waals surface area contributed by atoms with Gasteiger partial charge in [-0.25, -0.2) is 9.59 Å². The van der Waals surface area contributed by atoms with Crippen molar-refractivity contribution in [3.63, 3.8) is 0 Å². The number of aromatic amines is 1. The van der Waals surface area contributed by atoms with Crippen LogP contribution in [0.15, 0.2) is 15.8 Å². The molecule has 1 heterocycles. The number of carbonyl (C=O) groups is 1. The van der Waals surface area contributed by atoms with Crippen LogP contribution in [0.1, 0.15) is 42.1 Å². The maximum absolute atomic E-state index is 11.7. The van der Waals surface area contributed by atoms with Crippen LogP contribution >= 0.6 is 0 Å². The number of carboxylic acid groups (broad SMARTS) is 1. The van der Waals surface area contributed by atoms with Gasteiger partial charge < -0.3 is 10.8 Å². The molecule has 0 radical (unpaired) electrons. The normalized spacial score (nSPS) is 23.8. The van der Waals surface area contributed by atoms with Gasteiger partial charge in [-0.2, -0.15) is 0 Å². The number of carboxylic acids is 1. The van der Waals surface area contributed by atoms with Crippen molar-refractivity contribution in [1.82, 2.24) is 9.55 Å². The molecule has 2 rings (SSSR count). The Labute approximate surface area is 102 Å². The summed E-state index contributed by atoms with van der Waals surface area (Å²) in [5.41, 5.74) is 4.02. The molecule has 98 valence electrons. The van der Waals surface area contributed by atoms with E-state index in [-0.39, 0.29) is 12.1 Å². The van der Waals surface area contributed by atoms with Crippen LogP contribution in [-0.4, -0.2) is 26.7 Å². The third kappa shape index (κ3) is 2.21. The molecule has 1 aromatic heterocycles. The lowest BCUT2D eigenvalue weighted by Gasteiger charge is -2.29. The molecule has 18 heavy (non-hydrogen) atoms. The standard InChI is InChI=1S/C11H15N3O4/c12-7-3-1-2-4-8(7)14-5-6(10(16)17)9(15)13-11(14)18/h5,7-8H,1-4,12H2,(H,16,17)(H,13,15,18). The number of hydrogen-bond donors (Lipinski definition) is 3. The summed E-state index contributed by atoms with van der Waals surface area (Å²) in [5.74, 6) is -1.35. The summed E-state index contributed by atoms with van der Waals surface area (Å²) in [4.78, 5) is 35.9. The Kier molecular flexibility index (Phi) is 3.33. The largest absolute Gasteiger partial charge is 0.477 e. The quantitative estimate of drug-likeness (QED) is 0.667. The summed E-state index contributed by atoms with van der Waals surface area (Å²) in [6.45, 7) is 0. The molecule has 0 saturated heterocycles. The fourth-order valence-corrected chi connectivity index (χ4v) is 2.37. The Balaban J connectivity index is 2.50. The van der Waals surface area contributed by atoms with Gasteiger partial charge in [0, 0.05) is 12.2 Å². The zero-order valence-corrected chi connectivity index (χ0v) is 9.76. The van der Waals surface area contributed by atoms with Crippen molar-refractivity contribution in [2.45, 2.75) is 37.8 Å². The number of aromatic carboxylic acids is 1. The molecule has 1 saturated carbocycles. The molecule has 1 aromatic rings. The Morgan fingerprint density at radius 2 is 2.06 bits per heavy atom. The average molecular weight is 253 g/mol. The van der Waals surface area contributed by atoms with Gasteiger partial charge in [-0.3, -0.25) is 14.3 Å². The third-order valence-electron chi connectivity index (χ3n) is 3.34. The minimum absolute atomic E-state index is 0.191. The summed E-state index contributed by atoms with van der Waals surface area (Å²) in [6, 6.07) is -0.440. The van der Waals surface area contributed by atoms with Crippen molar-refractivity contribution in [1.29, 1.82) is 0 Å². The Hall–Kier alpha value is -1.89. The molecule has 1 fully saturated rings. The fourth-order valence-electron chi connectivity index (χ4n) is 2.37. The van der Waals surface area contributed by atoms with E-state index in [0.717, 1.165) is 25.5 Å². The molecule has 2 atom stereocenters. The second-order valence-corrected chi connectivity index (χ2v) is 4.53. The lowest BCUT2D eigenvalue weighted by Crippen LogP contribution is -2.43. The second kappa shape index (κ2) is 4.77. The van der Waals surface area contributed by atoms with Crippen LogP contribution < -0.4 is 17.0 Å². The molecule has 1 aliphatic carbocycles. The van der Waals surface area contributed by atoms with E-state index in [0.29, 0.717) is 6.42 Å². The van der Waals surface area contributed by atoms with Gasteiger partial charge in [0.05, 0.1) is 6.04 Å². The number of aromatic nitrogens is 2. The number of hydrogen-bond acceptors (Lipinski definition) is 4. The molecule has 0 spiro atoms. The fraction of sp³-hybridized carbons (Fsp3) is 0.545. The van der Waals surface area contributed by atoms with Gasteiger partial charge in [-0.1, -0.05) is 12.8 Å². The van der Waals surface area contributed by atoms with Crippen LogP contribution in [0.2, 0.25) is 0 Å². The van der Waals surface area contributed by atoms with Crippen LogP contribution in [-0.2, 0) is 0 Å². The van der Waals surface area contributed by atoms with Crippen LogP contribution in [0.3, 0.4) is 0 Å². The van der Waals surface area contributed by atoms with Crippen LogP contribution in [0.25, 0.3) is 0 Å². The highest BCUT2D eigenvalue weighted by Crippen LogP contribution is 2.25. The minimum Gasteiger partial charge on any atom is -0.477 e. The van der Waals surface area contributed by atoms with E-state index in [9.17, 15) is 14.4 Å². The van der Waals surface area contributed by atoms with E-state index in [2.05, 4.69) is 0 Å². The highest BCUT2D eigenvalue weighted by Gasteiger charge is 2.25. The van der Waals surface area contributed by atoms with Crippen molar-refractivity contribution >= 4 is 5.97 Å². The lowest BCUT2D eigenvalue weighted by atomic mass is 9.91. The van der Waals surface area contributed by atoms with Gasteiger partial charge in [-0.15, -0.1) is 0 Å². The van der Waals surface area contributed by atoms with Crippen molar-refractivity contribution in [2.75, 3.05) is 0 Å². The first kappa shape index (κ1) is 12.6. The summed E-state index contributed by atoms with van der Waals surface area (Å²) < 4.78 is 1.24. The topological polar surface area (TPSA) is 118 Å². The minimum atomic E-state index is -1.35. The first-order valence-electron chi connectivity index (χ1n) is 5.85. The molecular weight excluding hydrogens is 238 g/mol. The average Bonchev–Trinajstić information content (AvgIpc) is 2.30. The van der Waals surface area contributed by atoms with Gasteiger partial charge in [-0.05, 0) is 12.8 Å². The molecule has 7 heteroatoms. The van der Waals surface area contributed by atoms with E-state index in [1.807, 2.05) is 4.98 Å². The van der Waals surface area contributed by atoms with Gasteiger partial charge in [0.1, 0.15) is 5.56 Å². The Morgan fingerprint density at radius 3 is 2.67 bits per heavy atom. The summed E-state index contributed by atoms with van der Waals surface area (Å²) in [5, 5.41) is 8.88. The van der Waals surface area contributed by atoms with Crippen LogP contribution in [0.4, 0.5) is 0 Å². The molecule has 0 aromatic carbocycles. The highest BCUT2D eigenvalue weighted by atomic mass is 16.4. The SMILES string of the molecule is NC1CCCCC1n1cc(C(=O)O)c(=O)[nH]c1=O. The van der Waals surface area contributed by atoms with Crippen molar-refractivity contribution in [3.05, 3.63) is 32.6 Å². The first-order valence-corrected chi connectivity index (χ1v) is 5.85. The monoisotopic (exact) mass is 253 g/mol. The van der Waals surface area contributed by atoms with E-state index in [1.165, 1.54) is 4.57 Å². The second-order valence-electron chi connectivity index (χ2n) is 4.53. The molecule has 0 aliphatic heterocycles. The first-order chi connectivity index (χ1) is 8.50. The predicted molar refractivity (Wildman–Crippen MR) is 63.8 cm³/mol. The smallest absolute Gasteiger partial charge is 0.342 e. The van der Waals surface area contributed by atoms with Gasteiger partial charge in [0.25, 0.3) is 5.56 Å². The van der Waals surface area contributed by atoms with E-state index < -0.39 is 22.8 Å². The summed E-state index contributed by atoms with van der Waals surface area (Å²) in [7, 11) is 0. The predicted octanol–water partition coefficient (Wildman–Crippen LogP) is -0.323. The zero-order valence-electron chi connectivity index (χ0n) is 9.76. The molecule has 2 unspecified atom stereocenters. The number of rotatable bonds is 2. The Morgan fingerprint density at radius 1 is 1.39 bits per heavy atom. The molecule has 7 nitrogen and oxygen atoms in total. The van der Waals surface area contributed by atoms with Gasteiger partial charge in [0.15, 0.2) is 0 Å². The van der Waals surface area contributed by atoms with Crippen molar-refractivity contribution < 1.29 is 9.90 Å². The molecule has 0 bridgehead atoms. The van der Waals surface area contributed by atoms with E-state index in [1.54, 1.807) is 0 Å². The maximum atomic E-state index is 11.7. The number of nitrogens with zero attached hydrogens (tertiary/aromatic N) is 1. The number of H-pyrrole nitrogens is 1. The third-order valence-corrected chi connectivity index (χ3v) is 3.34. The van der Waals surface area contributed by atoms with E-state index in [4.69, 9.17) is 10.8 Å². The molecule has 1 aliphatic rings. The van der Waals surface area contributed by atoms with Crippen LogP contribution in [0, 0.1) is 0 Å². The summed E-state index contributed by atoms with van der Waals surface area (Å²) in [6.07, 6.45) is 4.54. The van der Waals surface area contributed by atoms with Crippen molar-refractivity contribution in [2.24, 2.45) is 5.73 Å². The summed E-state index contributed by atoms with van der Waals surface area (Å²) >= 11 is 0. The van der Waals surface area contributed by atoms with Crippen LogP contribution in [0.5, 0.6) is 0 Å². The molecular formula is C11H15N3O4. The zero-order chi connectivity index (χ0) is 13.3. The molecule has 4 N–H and O–H groups in total. The van der Waals surface area contributed by atoms with Gasteiger partial charge >= 0.3 is 11.7 Å². The lowest BCUT2D eigenvalue weighted by molar-refractivity contribution is 0.0693. The van der Waals surface area contributed by atoms with E-state index >= 15 is 0 Å². The number of nitrogens with one attached hydrogen (secondary N) is 1. The Bertz CT molecular complexity index is 574. The number of nitrogens with two attached hydrogens (primary N) is 1.